The maximum absolute atomic E-state index is 13.5. The number of benzene rings is 1. The summed E-state index contributed by atoms with van der Waals surface area (Å²) in [5, 5.41) is 3.46. The van der Waals surface area contributed by atoms with Gasteiger partial charge in [-0.05, 0) is 66.2 Å². The summed E-state index contributed by atoms with van der Waals surface area (Å²) in [6.45, 7) is 4.21. The van der Waals surface area contributed by atoms with E-state index in [2.05, 4.69) is 28.2 Å². The number of hydrogen-bond donors (Lipinski definition) is 1. The Kier molecular flexibility index (Phi) is 4.08. The lowest BCUT2D eigenvalue weighted by Crippen LogP contribution is -2.24. The van der Waals surface area contributed by atoms with Gasteiger partial charge in [0, 0.05) is 11.7 Å². The van der Waals surface area contributed by atoms with Crippen molar-refractivity contribution in [3.8, 4) is 0 Å². The molecule has 0 heterocycles. The maximum atomic E-state index is 13.5. The van der Waals surface area contributed by atoms with E-state index in [0.29, 0.717) is 10.5 Å². The molecule has 1 aliphatic rings. The summed E-state index contributed by atoms with van der Waals surface area (Å²) >= 11 is 3.21. The predicted molar refractivity (Wildman–Crippen MR) is 73.9 cm³/mol. The molecule has 0 saturated heterocycles. The second kappa shape index (κ2) is 5.38. The summed E-state index contributed by atoms with van der Waals surface area (Å²) in [6, 6.07) is 3.85. The van der Waals surface area contributed by atoms with Crippen LogP contribution in [0.5, 0.6) is 0 Å². The quantitative estimate of drug-likeness (QED) is 0.838. The fourth-order valence-corrected chi connectivity index (χ4v) is 3.08. The highest BCUT2D eigenvalue weighted by molar-refractivity contribution is 9.10. The van der Waals surface area contributed by atoms with Gasteiger partial charge in [0.15, 0.2) is 0 Å². The summed E-state index contributed by atoms with van der Waals surface area (Å²) in [5.74, 6) is 0.540. The van der Waals surface area contributed by atoms with Gasteiger partial charge in [-0.1, -0.05) is 12.8 Å². The number of hydrogen-bond acceptors (Lipinski definition) is 1. The van der Waals surface area contributed by atoms with E-state index >= 15 is 0 Å². The van der Waals surface area contributed by atoms with Gasteiger partial charge in [0.05, 0.1) is 4.47 Å². The Morgan fingerprint density at radius 1 is 1.35 bits per heavy atom. The van der Waals surface area contributed by atoms with Crippen molar-refractivity contribution in [2.45, 2.75) is 45.6 Å². The molecular weight excluding hydrogens is 281 g/mol. The van der Waals surface area contributed by atoms with Gasteiger partial charge >= 0.3 is 0 Å². The Morgan fingerprint density at radius 3 is 2.65 bits per heavy atom. The van der Waals surface area contributed by atoms with E-state index in [0.717, 1.165) is 17.2 Å². The predicted octanol–water partition coefficient (Wildman–Crippen LogP) is 4.89. The van der Waals surface area contributed by atoms with E-state index in [4.69, 9.17) is 0 Å². The summed E-state index contributed by atoms with van der Waals surface area (Å²) in [7, 11) is 0. The average Bonchev–Trinajstić information content (AvgIpc) is 2.79. The minimum absolute atomic E-state index is 0.197. The summed E-state index contributed by atoms with van der Waals surface area (Å²) in [4.78, 5) is 0. The highest BCUT2D eigenvalue weighted by Crippen LogP contribution is 2.31. The molecule has 1 fully saturated rings. The van der Waals surface area contributed by atoms with Gasteiger partial charge in [-0.25, -0.2) is 4.39 Å². The van der Waals surface area contributed by atoms with Crippen LogP contribution in [0, 0.1) is 18.7 Å². The standard InChI is InChI=1S/C14H19BrFN/c1-9-7-12(15)13(16)8-14(9)17-10(2)11-5-3-4-6-11/h7-8,10-11,17H,3-6H2,1-2H3. The van der Waals surface area contributed by atoms with Gasteiger partial charge < -0.3 is 5.32 Å². The van der Waals surface area contributed by atoms with Crippen molar-refractivity contribution in [1.29, 1.82) is 0 Å². The minimum Gasteiger partial charge on any atom is -0.382 e. The summed E-state index contributed by atoms with van der Waals surface area (Å²) < 4.78 is 14.0. The summed E-state index contributed by atoms with van der Waals surface area (Å²) in [5.41, 5.74) is 2.01. The Labute approximate surface area is 111 Å². The Balaban J connectivity index is 2.09. The molecule has 0 spiro atoms. The van der Waals surface area contributed by atoms with E-state index < -0.39 is 0 Å². The van der Waals surface area contributed by atoms with Crippen LogP contribution in [-0.4, -0.2) is 6.04 Å². The van der Waals surface area contributed by atoms with Gasteiger partial charge in [0.25, 0.3) is 0 Å². The van der Waals surface area contributed by atoms with E-state index in [9.17, 15) is 4.39 Å². The smallest absolute Gasteiger partial charge is 0.139 e. The molecule has 1 aromatic rings. The zero-order valence-corrected chi connectivity index (χ0v) is 12.0. The van der Waals surface area contributed by atoms with Crippen molar-refractivity contribution in [2.24, 2.45) is 5.92 Å². The molecule has 0 amide bonds. The molecule has 94 valence electrons. The second-order valence-electron chi connectivity index (χ2n) is 5.06. The van der Waals surface area contributed by atoms with Gasteiger partial charge in [0.1, 0.15) is 5.82 Å². The second-order valence-corrected chi connectivity index (χ2v) is 5.91. The normalized spacial score (nSPS) is 18.4. The zero-order valence-electron chi connectivity index (χ0n) is 10.4. The van der Waals surface area contributed by atoms with Gasteiger partial charge in [-0.2, -0.15) is 0 Å². The number of halogens is 2. The Hall–Kier alpha value is -0.570. The molecule has 1 aliphatic carbocycles. The first-order valence-electron chi connectivity index (χ1n) is 6.30. The lowest BCUT2D eigenvalue weighted by Gasteiger charge is -2.23. The maximum Gasteiger partial charge on any atom is 0.139 e. The Bertz CT molecular complexity index is 399. The van der Waals surface area contributed by atoms with Crippen LogP contribution in [0.1, 0.15) is 38.2 Å². The molecule has 1 aromatic carbocycles. The molecule has 0 aliphatic heterocycles. The third-order valence-electron chi connectivity index (χ3n) is 3.76. The first kappa shape index (κ1) is 12.9. The van der Waals surface area contributed by atoms with E-state index in [1.807, 2.05) is 13.0 Å². The van der Waals surface area contributed by atoms with Gasteiger partial charge in [-0.3, -0.25) is 0 Å². The van der Waals surface area contributed by atoms with E-state index in [-0.39, 0.29) is 5.82 Å². The van der Waals surface area contributed by atoms with E-state index in [1.165, 1.54) is 25.7 Å². The van der Waals surface area contributed by atoms with Crippen LogP contribution in [0.15, 0.2) is 16.6 Å². The lowest BCUT2D eigenvalue weighted by molar-refractivity contribution is 0.481. The SMILES string of the molecule is Cc1cc(Br)c(F)cc1NC(C)C1CCCC1. The van der Waals surface area contributed by atoms with Crippen molar-refractivity contribution in [1.82, 2.24) is 0 Å². The molecule has 0 bridgehead atoms. The number of anilines is 1. The van der Waals surface area contributed by atoms with Crippen molar-refractivity contribution in [2.75, 3.05) is 5.32 Å². The molecule has 2 rings (SSSR count). The van der Waals surface area contributed by atoms with Crippen molar-refractivity contribution in [3.63, 3.8) is 0 Å². The van der Waals surface area contributed by atoms with Gasteiger partial charge in [0.2, 0.25) is 0 Å². The largest absolute Gasteiger partial charge is 0.382 e. The topological polar surface area (TPSA) is 12.0 Å². The Morgan fingerprint density at radius 2 is 2.00 bits per heavy atom. The van der Waals surface area contributed by atoms with Crippen LogP contribution < -0.4 is 5.32 Å². The molecule has 0 aromatic heterocycles. The van der Waals surface area contributed by atoms with Crippen molar-refractivity contribution >= 4 is 21.6 Å². The van der Waals surface area contributed by atoms with Gasteiger partial charge in [-0.15, -0.1) is 0 Å². The van der Waals surface area contributed by atoms with Crippen LogP contribution in [0.2, 0.25) is 0 Å². The first-order valence-corrected chi connectivity index (χ1v) is 7.09. The lowest BCUT2D eigenvalue weighted by atomic mass is 9.99. The average molecular weight is 300 g/mol. The third-order valence-corrected chi connectivity index (χ3v) is 4.37. The highest BCUT2D eigenvalue weighted by Gasteiger charge is 2.21. The molecule has 1 nitrogen and oxygen atoms in total. The monoisotopic (exact) mass is 299 g/mol. The van der Waals surface area contributed by atoms with Crippen LogP contribution in [0.25, 0.3) is 0 Å². The molecule has 1 saturated carbocycles. The third kappa shape index (κ3) is 3.01. The van der Waals surface area contributed by atoms with Crippen LogP contribution in [-0.2, 0) is 0 Å². The molecular formula is C14H19BrFN. The molecule has 0 radical (unpaired) electrons. The number of rotatable bonds is 3. The molecule has 1 N–H and O–H groups in total. The van der Waals surface area contributed by atoms with Crippen LogP contribution in [0.3, 0.4) is 0 Å². The van der Waals surface area contributed by atoms with E-state index in [1.54, 1.807) is 6.07 Å². The highest BCUT2D eigenvalue weighted by atomic mass is 79.9. The number of aryl methyl sites for hydroxylation is 1. The fraction of sp³-hybridized carbons (Fsp3) is 0.571. The first-order chi connectivity index (χ1) is 8.08. The fourth-order valence-electron chi connectivity index (χ4n) is 2.62. The molecule has 1 atom stereocenters. The van der Waals surface area contributed by atoms with Crippen LogP contribution in [0.4, 0.5) is 10.1 Å². The van der Waals surface area contributed by atoms with Crippen LogP contribution >= 0.6 is 15.9 Å². The number of nitrogens with one attached hydrogen (secondary N) is 1. The van der Waals surface area contributed by atoms with Crippen molar-refractivity contribution < 1.29 is 4.39 Å². The van der Waals surface area contributed by atoms with Crippen molar-refractivity contribution in [3.05, 3.63) is 28.0 Å². The summed E-state index contributed by atoms with van der Waals surface area (Å²) in [6.07, 6.45) is 5.27. The zero-order chi connectivity index (χ0) is 12.4. The molecule has 17 heavy (non-hydrogen) atoms. The molecule has 3 heteroatoms. The molecule has 1 unspecified atom stereocenters. The minimum atomic E-state index is -0.197.